The van der Waals surface area contributed by atoms with Gasteiger partial charge in [-0.3, -0.25) is 9.59 Å². The molecule has 2 aromatic carbocycles. The number of phenolic OH excluding ortho intramolecular Hbond substituents is 1. The fourth-order valence-electron chi connectivity index (χ4n) is 3.90. The van der Waals surface area contributed by atoms with E-state index >= 15 is 0 Å². The average molecular weight is 463 g/mol. The van der Waals surface area contributed by atoms with Crippen LogP contribution >= 0.6 is 0 Å². The number of hydrogen-bond donors (Lipinski definition) is 3. The first-order valence-corrected chi connectivity index (χ1v) is 10.7. The topological polar surface area (TPSA) is 127 Å². The van der Waals surface area contributed by atoms with Crippen LogP contribution in [0.4, 0.5) is 0 Å². The Hall–Kier alpha value is -4.27. The van der Waals surface area contributed by atoms with Gasteiger partial charge in [0.25, 0.3) is 0 Å². The zero-order chi connectivity index (χ0) is 24.2. The Bertz CT molecular complexity index is 1390. The molecule has 0 bridgehead atoms. The number of nitrogens with zero attached hydrogens (tertiary/aromatic N) is 2. The number of aryl methyl sites for hydroxylation is 1. The molecule has 0 unspecified atom stereocenters. The van der Waals surface area contributed by atoms with Crippen molar-refractivity contribution in [3.05, 3.63) is 82.2 Å². The monoisotopic (exact) mass is 463 g/mol. The average Bonchev–Trinajstić information content (AvgIpc) is 3.23. The van der Waals surface area contributed by atoms with Crippen LogP contribution in [-0.4, -0.2) is 39.3 Å². The van der Waals surface area contributed by atoms with Gasteiger partial charge < -0.3 is 29.3 Å². The van der Waals surface area contributed by atoms with Gasteiger partial charge in [0.1, 0.15) is 5.76 Å². The molecule has 0 fully saturated rings. The molecule has 4 aromatic rings. The summed E-state index contributed by atoms with van der Waals surface area (Å²) in [5, 5.41) is 23.3. The molecule has 9 nitrogen and oxygen atoms in total. The number of fused-ring (bicyclic) bond motifs is 1. The van der Waals surface area contributed by atoms with E-state index in [1.54, 1.807) is 25.4 Å². The van der Waals surface area contributed by atoms with Crippen LogP contribution in [0.15, 0.2) is 64.1 Å². The third-order valence-corrected chi connectivity index (χ3v) is 5.59. The van der Waals surface area contributed by atoms with Gasteiger partial charge in [0.05, 0.1) is 30.4 Å². The molecule has 0 spiro atoms. The molecule has 0 saturated heterocycles. The summed E-state index contributed by atoms with van der Waals surface area (Å²) in [6.45, 7) is 2.47. The molecule has 2 aromatic heterocycles. The summed E-state index contributed by atoms with van der Waals surface area (Å²) < 4.78 is 12.8. The molecule has 0 aliphatic rings. The maximum atomic E-state index is 12.9. The van der Waals surface area contributed by atoms with E-state index < -0.39 is 17.1 Å². The van der Waals surface area contributed by atoms with Crippen LogP contribution in [0.1, 0.15) is 29.4 Å². The highest BCUT2D eigenvalue weighted by Gasteiger charge is 2.26. The number of amides is 1. The number of aromatic hydroxyl groups is 2. The molecule has 0 aliphatic heterocycles. The number of carbonyl (C=O) groups is 1. The minimum Gasteiger partial charge on any atom is -0.504 e. The third kappa shape index (κ3) is 4.73. The minimum absolute atomic E-state index is 0.0199. The maximum absolute atomic E-state index is 12.9. The van der Waals surface area contributed by atoms with Gasteiger partial charge in [-0.2, -0.15) is 0 Å². The summed E-state index contributed by atoms with van der Waals surface area (Å²) in [5.74, 6) is -1.22. The van der Waals surface area contributed by atoms with Crippen molar-refractivity contribution >= 4 is 16.9 Å². The van der Waals surface area contributed by atoms with E-state index in [1.165, 1.54) is 19.2 Å². The van der Waals surface area contributed by atoms with E-state index in [0.717, 1.165) is 11.0 Å². The lowest BCUT2D eigenvalue weighted by atomic mass is 9.91. The molecule has 0 radical (unpaired) electrons. The van der Waals surface area contributed by atoms with E-state index in [0.29, 0.717) is 24.4 Å². The zero-order valence-corrected chi connectivity index (χ0v) is 18.8. The van der Waals surface area contributed by atoms with Crippen LogP contribution in [0.25, 0.3) is 11.0 Å². The zero-order valence-electron chi connectivity index (χ0n) is 18.8. The van der Waals surface area contributed by atoms with Crippen LogP contribution in [0.5, 0.6) is 17.2 Å². The number of nitrogens with one attached hydrogen (secondary N) is 1. The quantitative estimate of drug-likeness (QED) is 0.367. The highest BCUT2D eigenvalue weighted by Crippen LogP contribution is 2.37. The van der Waals surface area contributed by atoms with Gasteiger partial charge >= 0.3 is 0 Å². The van der Waals surface area contributed by atoms with Crippen LogP contribution in [0.2, 0.25) is 0 Å². The fourth-order valence-corrected chi connectivity index (χ4v) is 3.90. The first kappa shape index (κ1) is 22.9. The molecular weight excluding hydrogens is 438 g/mol. The Morgan fingerprint density at radius 2 is 2.00 bits per heavy atom. The van der Waals surface area contributed by atoms with E-state index in [2.05, 4.69) is 10.3 Å². The number of benzene rings is 2. The number of aromatic nitrogens is 2. The number of rotatable bonds is 8. The maximum Gasteiger partial charge on any atom is 0.227 e. The summed E-state index contributed by atoms with van der Waals surface area (Å²) in [6, 6.07) is 13.5. The van der Waals surface area contributed by atoms with Gasteiger partial charge in [-0.15, -0.1) is 0 Å². The van der Waals surface area contributed by atoms with Crippen molar-refractivity contribution in [3.63, 3.8) is 0 Å². The number of methoxy groups -OCH3 is 1. The van der Waals surface area contributed by atoms with Crippen molar-refractivity contribution in [2.75, 3.05) is 13.7 Å². The lowest BCUT2D eigenvalue weighted by Gasteiger charge is -2.19. The fraction of sp³-hybridized carbons (Fsp3) is 0.240. The second-order valence-corrected chi connectivity index (χ2v) is 7.90. The Morgan fingerprint density at radius 3 is 2.79 bits per heavy atom. The Labute approximate surface area is 195 Å². The van der Waals surface area contributed by atoms with Gasteiger partial charge in [-0.05, 0) is 36.8 Å². The summed E-state index contributed by atoms with van der Waals surface area (Å²) in [5.41, 5.74) is 1.79. The van der Waals surface area contributed by atoms with Crippen molar-refractivity contribution in [1.29, 1.82) is 0 Å². The molecule has 2 heterocycles. The number of imidazole rings is 1. The van der Waals surface area contributed by atoms with Crippen LogP contribution in [0.3, 0.4) is 0 Å². The summed E-state index contributed by atoms with van der Waals surface area (Å²) in [6.07, 6.45) is 1.63. The van der Waals surface area contributed by atoms with Gasteiger partial charge in [0.2, 0.25) is 17.1 Å². The summed E-state index contributed by atoms with van der Waals surface area (Å²) in [4.78, 5) is 29.4. The molecule has 0 saturated carbocycles. The lowest BCUT2D eigenvalue weighted by Crippen LogP contribution is -2.28. The highest BCUT2D eigenvalue weighted by atomic mass is 16.5. The molecule has 1 amide bonds. The van der Waals surface area contributed by atoms with Gasteiger partial charge in [-0.25, -0.2) is 4.98 Å². The molecule has 0 aliphatic carbocycles. The van der Waals surface area contributed by atoms with Gasteiger partial charge in [-0.1, -0.05) is 18.2 Å². The summed E-state index contributed by atoms with van der Waals surface area (Å²) >= 11 is 0. The largest absolute Gasteiger partial charge is 0.504 e. The van der Waals surface area contributed by atoms with E-state index in [1.807, 2.05) is 28.8 Å². The van der Waals surface area contributed by atoms with Crippen molar-refractivity contribution < 1.29 is 24.2 Å². The predicted octanol–water partition coefficient (Wildman–Crippen LogP) is 3.06. The molecule has 9 heteroatoms. The SMILES string of the molecule is COc1cc([C@H](CC(=O)NCCn2cnc3ccccc32)c2oc(C)cc(=O)c2O)ccc1O. The van der Waals surface area contributed by atoms with Crippen molar-refractivity contribution in [1.82, 2.24) is 14.9 Å². The number of para-hydroxylation sites is 2. The summed E-state index contributed by atoms with van der Waals surface area (Å²) in [7, 11) is 1.41. The Kier molecular flexibility index (Phi) is 6.53. The van der Waals surface area contributed by atoms with Gasteiger partial charge in [0.15, 0.2) is 17.3 Å². The molecular formula is C25H25N3O6. The molecule has 4 rings (SSSR count). The number of ether oxygens (including phenoxy) is 1. The van der Waals surface area contributed by atoms with Crippen molar-refractivity contribution in [3.8, 4) is 17.2 Å². The first-order valence-electron chi connectivity index (χ1n) is 10.7. The van der Waals surface area contributed by atoms with Gasteiger partial charge in [0, 0.05) is 25.6 Å². The number of carbonyl (C=O) groups excluding carboxylic acids is 1. The second kappa shape index (κ2) is 9.70. The van der Waals surface area contributed by atoms with Crippen LogP contribution in [0, 0.1) is 6.92 Å². The molecule has 3 N–H and O–H groups in total. The Balaban J connectivity index is 1.55. The smallest absolute Gasteiger partial charge is 0.227 e. The normalized spacial score (nSPS) is 11.9. The third-order valence-electron chi connectivity index (χ3n) is 5.59. The predicted molar refractivity (Wildman–Crippen MR) is 125 cm³/mol. The lowest BCUT2D eigenvalue weighted by molar-refractivity contribution is -0.121. The van der Waals surface area contributed by atoms with E-state index in [9.17, 15) is 19.8 Å². The highest BCUT2D eigenvalue weighted by molar-refractivity contribution is 5.78. The van der Waals surface area contributed by atoms with Crippen LogP contribution in [-0.2, 0) is 11.3 Å². The standard InChI is InChI=1S/C25H25N3O6/c1-15-11-21(30)24(32)25(34-15)17(16-7-8-20(29)22(12-16)33-2)13-23(31)26-9-10-28-14-27-18-5-3-4-6-19(18)28/h3-8,11-12,14,17,29,32H,9-10,13H2,1-2H3,(H,26,31)/t17-/m0/s1. The first-order chi connectivity index (χ1) is 16.4. The Morgan fingerprint density at radius 1 is 1.21 bits per heavy atom. The van der Waals surface area contributed by atoms with E-state index in [-0.39, 0.29) is 29.6 Å². The van der Waals surface area contributed by atoms with E-state index in [4.69, 9.17) is 9.15 Å². The van der Waals surface area contributed by atoms with Crippen molar-refractivity contribution in [2.45, 2.75) is 25.8 Å². The molecule has 1 atom stereocenters. The molecule has 176 valence electrons. The minimum atomic E-state index is -0.781. The van der Waals surface area contributed by atoms with Crippen LogP contribution < -0.4 is 15.5 Å². The number of phenols is 1. The second-order valence-electron chi connectivity index (χ2n) is 7.90. The van der Waals surface area contributed by atoms with Crippen molar-refractivity contribution in [2.24, 2.45) is 0 Å². The molecule has 34 heavy (non-hydrogen) atoms. The number of hydrogen-bond acceptors (Lipinski definition) is 7.